The summed E-state index contributed by atoms with van der Waals surface area (Å²) < 4.78 is 0. The second-order valence-electron chi connectivity index (χ2n) is 6.59. The van der Waals surface area contributed by atoms with E-state index in [4.69, 9.17) is 5.11 Å². The predicted octanol–water partition coefficient (Wildman–Crippen LogP) is 2.64. The van der Waals surface area contributed by atoms with Crippen molar-refractivity contribution in [3.63, 3.8) is 0 Å². The van der Waals surface area contributed by atoms with E-state index in [1.165, 1.54) is 0 Å². The highest BCUT2D eigenvalue weighted by atomic mass is 16.4. The summed E-state index contributed by atoms with van der Waals surface area (Å²) in [6.07, 6.45) is 4.03. The Hall–Kier alpha value is -2.37. The van der Waals surface area contributed by atoms with E-state index < -0.39 is 11.9 Å². The van der Waals surface area contributed by atoms with Crippen molar-refractivity contribution >= 4 is 29.2 Å². The zero-order valence-corrected chi connectivity index (χ0v) is 13.5. The predicted molar refractivity (Wildman–Crippen MR) is 89.7 cm³/mol. The van der Waals surface area contributed by atoms with Crippen molar-refractivity contribution in [1.82, 2.24) is 0 Å². The van der Waals surface area contributed by atoms with Gasteiger partial charge in [-0.15, -0.1) is 0 Å². The van der Waals surface area contributed by atoms with E-state index in [2.05, 4.69) is 5.32 Å². The van der Waals surface area contributed by atoms with Crippen LogP contribution in [0, 0.1) is 11.8 Å². The summed E-state index contributed by atoms with van der Waals surface area (Å²) in [6.45, 7) is 0.707. The second-order valence-corrected chi connectivity index (χ2v) is 6.59. The highest BCUT2D eigenvalue weighted by Gasteiger charge is 2.33. The lowest BCUT2D eigenvalue weighted by molar-refractivity contribution is -0.141. The smallest absolute Gasteiger partial charge is 0.306 e. The molecular formula is C18H22N2O4. The third-order valence-corrected chi connectivity index (χ3v) is 4.90. The van der Waals surface area contributed by atoms with Gasteiger partial charge in [-0.05, 0) is 50.3 Å². The van der Waals surface area contributed by atoms with Crippen LogP contribution in [0.2, 0.25) is 0 Å². The van der Waals surface area contributed by atoms with Gasteiger partial charge in [-0.1, -0.05) is 6.07 Å². The molecule has 2 atom stereocenters. The molecule has 1 heterocycles. The van der Waals surface area contributed by atoms with Crippen molar-refractivity contribution in [2.75, 3.05) is 16.8 Å². The fourth-order valence-corrected chi connectivity index (χ4v) is 3.52. The minimum Gasteiger partial charge on any atom is -0.481 e. The van der Waals surface area contributed by atoms with Gasteiger partial charge in [0.25, 0.3) is 0 Å². The van der Waals surface area contributed by atoms with Gasteiger partial charge < -0.3 is 15.3 Å². The highest BCUT2D eigenvalue weighted by molar-refractivity contribution is 5.96. The number of amides is 2. The van der Waals surface area contributed by atoms with Gasteiger partial charge in [-0.3, -0.25) is 14.4 Å². The number of rotatable bonds is 4. The van der Waals surface area contributed by atoms with E-state index in [1.54, 1.807) is 11.0 Å². The first-order valence-corrected chi connectivity index (χ1v) is 8.48. The molecule has 1 saturated carbocycles. The average molecular weight is 330 g/mol. The van der Waals surface area contributed by atoms with Crippen LogP contribution in [0.3, 0.4) is 0 Å². The van der Waals surface area contributed by atoms with Crippen LogP contribution in [0.5, 0.6) is 0 Å². The van der Waals surface area contributed by atoms with Crippen LogP contribution in [0.15, 0.2) is 24.3 Å². The maximum absolute atomic E-state index is 12.4. The molecule has 0 aromatic heterocycles. The summed E-state index contributed by atoms with van der Waals surface area (Å²) in [6, 6.07) is 7.29. The lowest BCUT2D eigenvalue weighted by Crippen LogP contribution is -2.35. The molecule has 1 saturated heterocycles. The Kier molecular flexibility index (Phi) is 4.83. The number of nitrogens with one attached hydrogen (secondary N) is 1. The molecule has 6 nitrogen and oxygen atoms in total. The van der Waals surface area contributed by atoms with Crippen molar-refractivity contribution in [2.24, 2.45) is 11.8 Å². The van der Waals surface area contributed by atoms with Crippen LogP contribution < -0.4 is 10.2 Å². The summed E-state index contributed by atoms with van der Waals surface area (Å²) in [5.74, 6) is -1.52. The molecule has 24 heavy (non-hydrogen) atoms. The van der Waals surface area contributed by atoms with Crippen molar-refractivity contribution in [3.8, 4) is 0 Å². The lowest BCUT2D eigenvalue weighted by atomic mass is 10.0. The number of hydrogen-bond acceptors (Lipinski definition) is 3. The highest BCUT2D eigenvalue weighted by Crippen LogP contribution is 2.32. The summed E-state index contributed by atoms with van der Waals surface area (Å²) in [5.41, 5.74) is 1.45. The average Bonchev–Trinajstić information content (AvgIpc) is 3.06. The zero-order chi connectivity index (χ0) is 17.1. The SMILES string of the molecule is O=C(O)[C@@H]1CC[C@H](C(=O)Nc2cccc(N3CCCCC3=O)c2)C1. The van der Waals surface area contributed by atoms with Crippen LogP contribution in [0.25, 0.3) is 0 Å². The molecule has 3 rings (SSSR count). The maximum Gasteiger partial charge on any atom is 0.306 e. The fourth-order valence-electron chi connectivity index (χ4n) is 3.52. The number of nitrogens with zero attached hydrogens (tertiary/aromatic N) is 1. The van der Waals surface area contributed by atoms with Gasteiger partial charge in [-0.25, -0.2) is 0 Å². The number of anilines is 2. The number of carbonyl (C=O) groups is 3. The molecule has 1 aliphatic heterocycles. The number of carboxylic acids is 1. The Bertz CT molecular complexity index is 658. The van der Waals surface area contributed by atoms with Crippen LogP contribution >= 0.6 is 0 Å². The maximum atomic E-state index is 12.4. The molecule has 128 valence electrons. The first-order valence-electron chi connectivity index (χ1n) is 8.48. The molecule has 0 unspecified atom stereocenters. The monoisotopic (exact) mass is 330 g/mol. The summed E-state index contributed by atoms with van der Waals surface area (Å²) in [7, 11) is 0. The largest absolute Gasteiger partial charge is 0.481 e. The van der Waals surface area contributed by atoms with Crippen LogP contribution in [0.1, 0.15) is 38.5 Å². The van der Waals surface area contributed by atoms with Gasteiger partial charge in [0.1, 0.15) is 0 Å². The minimum atomic E-state index is -0.823. The molecule has 2 N–H and O–H groups in total. The van der Waals surface area contributed by atoms with Gasteiger partial charge in [0.15, 0.2) is 0 Å². The third kappa shape index (κ3) is 3.58. The topological polar surface area (TPSA) is 86.7 Å². The summed E-state index contributed by atoms with van der Waals surface area (Å²) in [4.78, 5) is 37.1. The van der Waals surface area contributed by atoms with Crippen LogP contribution in [-0.2, 0) is 14.4 Å². The number of carboxylic acid groups (broad SMARTS) is 1. The molecule has 6 heteroatoms. The molecule has 2 fully saturated rings. The summed E-state index contributed by atoms with van der Waals surface area (Å²) in [5, 5.41) is 11.9. The molecule has 2 amide bonds. The van der Waals surface area contributed by atoms with Gasteiger partial charge >= 0.3 is 5.97 Å². The first kappa shape index (κ1) is 16.5. The fraction of sp³-hybridized carbons (Fsp3) is 0.500. The number of aliphatic carboxylic acids is 1. The van der Waals surface area contributed by atoms with E-state index in [9.17, 15) is 14.4 Å². The summed E-state index contributed by atoms with van der Waals surface area (Å²) >= 11 is 0. The molecule has 0 spiro atoms. The van der Waals surface area contributed by atoms with E-state index in [0.717, 1.165) is 18.5 Å². The molecule has 1 aliphatic carbocycles. The Morgan fingerprint density at radius 1 is 1.17 bits per heavy atom. The third-order valence-electron chi connectivity index (χ3n) is 4.90. The first-order chi connectivity index (χ1) is 11.5. The van der Waals surface area contributed by atoms with E-state index in [1.807, 2.05) is 18.2 Å². The zero-order valence-electron chi connectivity index (χ0n) is 13.5. The van der Waals surface area contributed by atoms with Crippen LogP contribution in [0.4, 0.5) is 11.4 Å². The number of benzene rings is 1. The van der Waals surface area contributed by atoms with Crippen molar-refractivity contribution in [1.29, 1.82) is 0 Å². The lowest BCUT2D eigenvalue weighted by Gasteiger charge is -2.27. The Labute approximate surface area is 140 Å². The van der Waals surface area contributed by atoms with E-state index >= 15 is 0 Å². The van der Waals surface area contributed by atoms with E-state index in [0.29, 0.717) is 37.9 Å². The number of hydrogen-bond donors (Lipinski definition) is 2. The Balaban J connectivity index is 1.65. The standard InChI is InChI=1S/C18H22N2O4/c21-16-6-1-2-9-20(16)15-5-3-4-14(11-15)19-17(22)12-7-8-13(10-12)18(23)24/h3-5,11-13H,1-2,6-10H2,(H,19,22)(H,23,24)/t12-,13+/m0/s1. The quantitative estimate of drug-likeness (QED) is 0.888. The van der Waals surface area contributed by atoms with E-state index in [-0.39, 0.29) is 17.7 Å². The molecule has 0 radical (unpaired) electrons. The number of carbonyl (C=O) groups excluding carboxylic acids is 2. The molecular weight excluding hydrogens is 308 g/mol. The van der Waals surface area contributed by atoms with Crippen molar-refractivity contribution in [3.05, 3.63) is 24.3 Å². The van der Waals surface area contributed by atoms with Crippen molar-refractivity contribution < 1.29 is 19.5 Å². The minimum absolute atomic E-state index is 0.116. The van der Waals surface area contributed by atoms with Gasteiger partial charge in [0.05, 0.1) is 5.92 Å². The molecule has 1 aromatic rings. The van der Waals surface area contributed by atoms with Crippen LogP contribution in [-0.4, -0.2) is 29.4 Å². The molecule has 0 bridgehead atoms. The Morgan fingerprint density at radius 2 is 1.96 bits per heavy atom. The molecule has 1 aromatic carbocycles. The van der Waals surface area contributed by atoms with Crippen molar-refractivity contribution in [2.45, 2.75) is 38.5 Å². The second kappa shape index (κ2) is 7.03. The normalized spacial score (nSPS) is 24.0. The Morgan fingerprint density at radius 3 is 2.67 bits per heavy atom. The molecule has 2 aliphatic rings. The van der Waals surface area contributed by atoms with Gasteiger partial charge in [-0.2, -0.15) is 0 Å². The van der Waals surface area contributed by atoms with Gasteiger partial charge in [0, 0.05) is 30.3 Å². The number of piperidine rings is 1. The van der Waals surface area contributed by atoms with Gasteiger partial charge in [0.2, 0.25) is 11.8 Å².